The van der Waals surface area contributed by atoms with Crippen molar-refractivity contribution in [2.75, 3.05) is 31.1 Å². The third-order valence-electron chi connectivity index (χ3n) is 6.23. The smallest absolute Gasteiger partial charge is 0.155 e. The van der Waals surface area contributed by atoms with Gasteiger partial charge in [0.2, 0.25) is 0 Å². The van der Waals surface area contributed by atoms with Gasteiger partial charge in [-0.2, -0.15) is 5.10 Å². The molecule has 0 radical (unpaired) electrons. The molecule has 1 saturated heterocycles. The number of rotatable bonds is 5. The summed E-state index contributed by atoms with van der Waals surface area (Å²) < 4.78 is 13.4. The number of benzene rings is 1. The molecule has 1 unspecified atom stereocenters. The molecule has 0 amide bonds. The first-order valence-corrected chi connectivity index (χ1v) is 11.1. The summed E-state index contributed by atoms with van der Waals surface area (Å²) in [6.45, 7) is 7.43. The van der Waals surface area contributed by atoms with Gasteiger partial charge in [0, 0.05) is 67.8 Å². The molecule has 168 valence electrons. The number of hydrogen-bond acceptors (Lipinski definition) is 6. The minimum absolute atomic E-state index is 0.0815. The second-order valence-corrected chi connectivity index (χ2v) is 8.30. The van der Waals surface area contributed by atoms with Gasteiger partial charge in [0.1, 0.15) is 11.5 Å². The van der Waals surface area contributed by atoms with E-state index < -0.39 is 0 Å². The fourth-order valence-corrected chi connectivity index (χ4v) is 4.63. The molecule has 0 spiro atoms. The number of hydrogen-bond donors (Lipinski definition) is 1. The lowest BCUT2D eigenvalue weighted by atomic mass is 9.96. The Bertz CT molecular complexity index is 1200. The van der Waals surface area contributed by atoms with E-state index >= 15 is 0 Å². The van der Waals surface area contributed by atoms with Gasteiger partial charge in [-0.25, -0.2) is 9.37 Å². The maximum absolute atomic E-state index is 13.4. The van der Waals surface area contributed by atoms with Crippen LogP contribution in [0.5, 0.6) is 0 Å². The zero-order valence-corrected chi connectivity index (χ0v) is 18.7. The second kappa shape index (κ2) is 9.07. The fraction of sp³-hybridized carbons (Fsp3) is 0.280. The third kappa shape index (κ3) is 4.21. The first kappa shape index (κ1) is 21.2. The molecule has 1 aliphatic rings. The van der Waals surface area contributed by atoms with Crippen LogP contribution in [-0.4, -0.2) is 56.2 Å². The molecular formula is C25H26FN7. The molecule has 3 aromatic heterocycles. The molecule has 8 heteroatoms. The molecule has 7 nitrogen and oxygen atoms in total. The number of aromatic amines is 1. The molecule has 1 atom stereocenters. The van der Waals surface area contributed by atoms with E-state index in [1.54, 1.807) is 30.7 Å². The number of piperazine rings is 1. The van der Waals surface area contributed by atoms with Crippen LogP contribution >= 0.6 is 0 Å². The predicted octanol–water partition coefficient (Wildman–Crippen LogP) is 3.93. The van der Waals surface area contributed by atoms with Crippen LogP contribution < -0.4 is 4.90 Å². The number of nitrogens with one attached hydrogen (secondary N) is 1. The van der Waals surface area contributed by atoms with Crippen LogP contribution in [0.25, 0.3) is 11.3 Å². The number of nitrogens with zero attached hydrogens (tertiary/aromatic N) is 6. The Hall–Kier alpha value is -3.65. The van der Waals surface area contributed by atoms with Gasteiger partial charge >= 0.3 is 0 Å². The van der Waals surface area contributed by atoms with Crippen LogP contribution in [0.2, 0.25) is 0 Å². The number of aromatic nitrogens is 5. The monoisotopic (exact) mass is 443 g/mol. The lowest BCUT2D eigenvalue weighted by Crippen LogP contribution is -2.48. The van der Waals surface area contributed by atoms with Crippen molar-refractivity contribution in [1.82, 2.24) is 30.0 Å². The zero-order valence-electron chi connectivity index (χ0n) is 18.7. The minimum Gasteiger partial charge on any atom is -0.352 e. The van der Waals surface area contributed by atoms with E-state index in [9.17, 15) is 4.39 Å². The maximum Gasteiger partial charge on any atom is 0.155 e. The van der Waals surface area contributed by atoms with Gasteiger partial charge in [0.25, 0.3) is 0 Å². The van der Waals surface area contributed by atoms with Gasteiger partial charge in [0.15, 0.2) is 5.82 Å². The molecule has 1 aliphatic heterocycles. The predicted molar refractivity (Wildman–Crippen MR) is 125 cm³/mol. The van der Waals surface area contributed by atoms with Crippen molar-refractivity contribution in [3.8, 4) is 11.3 Å². The molecule has 33 heavy (non-hydrogen) atoms. The Kier molecular flexibility index (Phi) is 5.83. The topological polar surface area (TPSA) is 73.8 Å². The third-order valence-corrected chi connectivity index (χ3v) is 6.23. The summed E-state index contributed by atoms with van der Waals surface area (Å²) in [6, 6.07) is 10.6. The maximum atomic E-state index is 13.4. The number of pyridine rings is 1. The first-order chi connectivity index (χ1) is 16.1. The highest BCUT2D eigenvalue weighted by molar-refractivity contribution is 5.72. The zero-order chi connectivity index (χ0) is 22.8. The quantitative estimate of drug-likeness (QED) is 0.504. The Labute approximate surface area is 192 Å². The van der Waals surface area contributed by atoms with Gasteiger partial charge in [-0.3, -0.25) is 20.0 Å². The van der Waals surface area contributed by atoms with E-state index in [0.717, 1.165) is 60.2 Å². The number of H-pyrrole nitrogens is 1. The summed E-state index contributed by atoms with van der Waals surface area (Å²) in [4.78, 5) is 18.3. The molecule has 5 rings (SSSR count). The van der Waals surface area contributed by atoms with Crippen molar-refractivity contribution in [3.63, 3.8) is 0 Å². The average molecular weight is 444 g/mol. The van der Waals surface area contributed by atoms with Crippen LogP contribution in [0.15, 0.2) is 61.2 Å². The Morgan fingerprint density at radius 1 is 0.939 bits per heavy atom. The molecule has 0 aliphatic carbocycles. The molecule has 1 aromatic carbocycles. The Morgan fingerprint density at radius 2 is 1.70 bits per heavy atom. The van der Waals surface area contributed by atoms with Crippen molar-refractivity contribution >= 4 is 5.82 Å². The largest absolute Gasteiger partial charge is 0.352 e. The summed E-state index contributed by atoms with van der Waals surface area (Å²) in [5, 5.41) is 7.58. The van der Waals surface area contributed by atoms with Gasteiger partial charge in [-0.1, -0.05) is 6.07 Å². The number of aryl methyl sites for hydroxylation is 2. The molecule has 4 heterocycles. The summed E-state index contributed by atoms with van der Waals surface area (Å²) in [5.74, 6) is 0.571. The SMILES string of the molecule is Cc1n[nH]c(C)c1C(c1cccnc1)N1CCN(c2nccnc2-c2ccc(F)cc2)CC1. The van der Waals surface area contributed by atoms with E-state index in [0.29, 0.717) is 0 Å². The van der Waals surface area contributed by atoms with E-state index in [1.807, 2.05) is 19.2 Å². The molecule has 0 bridgehead atoms. The lowest BCUT2D eigenvalue weighted by molar-refractivity contribution is 0.210. The Balaban J connectivity index is 1.41. The molecule has 1 fully saturated rings. The van der Waals surface area contributed by atoms with Gasteiger partial charge in [0.05, 0.1) is 11.7 Å². The minimum atomic E-state index is -0.260. The Morgan fingerprint density at radius 3 is 2.36 bits per heavy atom. The van der Waals surface area contributed by atoms with Crippen molar-refractivity contribution in [1.29, 1.82) is 0 Å². The van der Waals surface area contributed by atoms with Crippen molar-refractivity contribution in [2.24, 2.45) is 0 Å². The summed E-state index contributed by atoms with van der Waals surface area (Å²) in [5.41, 5.74) is 6.09. The van der Waals surface area contributed by atoms with Crippen LogP contribution in [0.3, 0.4) is 0 Å². The van der Waals surface area contributed by atoms with Gasteiger partial charge in [-0.05, 0) is 49.7 Å². The van der Waals surface area contributed by atoms with E-state index in [2.05, 4.69) is 47.9 Å². The molecular weight excluding hydrogens is 417 g/mol. The van der Waals surface area contributed by atoms with E-state index in [-0.39, 0.29) is 11.9 Å². The van der Waals surface area contributed by atoms with Gasteiger partial charge in [-0.15, -0.1) is 0 Å². The number of anilines is 1. The van der Waals surface area contributed by atoms with E-state index in [1.165, 1.54) is 17.7 Å². The number of halogens is 1. The van der Waals surface area contributed by atoms with Crippen LogP contribution in [0, 0.1) is 19.7 Å². The lowest BCUT2D eigenvalue weighted by Gasteiger charge is -2.40. The molecule has 0 saturated carbocycles. The highest BCUT2D eigenvalue weighted by atomic mass is 19.1. The van der Waals surface area contributed by atoms with Crippen LogP contribution in [0.4, 0.5) is 10.2 Å². The van der Waals surface area contributed by atoms with Crippen LogP contribution in [-0.2, 0) is 0 Å². The van der Waals surface area contributed by atoms with Gasteiger partial charge < -0.3 is 4.90 Å². The fourth-order valence-electron chi connectivity index (χ4n) is 4.63. The standard InChI is InChI=1S/C25H26FN7/c1-17-22(18(2)31-30-17)24(20-4-3-9-27-16-20)32-12-14-33(15-13-32)25-23(28-10-11-29-25)19-5-7-21(26)8-6-19/h3-11,16,24H,12-15H2,1-2H3,(H,30,31). The highest BCUT2D eigenvalue weighted by Crippen LogP contribution is 2.34. The van der Waals surface area contributed by atoms with Crippen molar-refractivity contribution in [3.05, 3.63) is 89.5 Å². The summed E-state index contributed by atoms with van der Waals surface area (Å²) in [6.07, 6.45) is 7.14. The second-order valence-electron chi connectivity index (χ2n) is 8.30. The highest BCUT2D eigenvalue weighted by Gasteiger charge is 2.31. The van der Waals surface area contributed by atoms with Crippen molar-refractivity contribution in [2.45, 2.75) is 19.9 Å². The molecule has 4 aromatic rings. The normalized spacial score (nSPS) is 15.5. The van der Waals surface area contributed by atoms with E-state index in [4.69, 9.17) is 0 Å². The van der Waals surface area contributed by atoms with Crippen LogP contribution in [0.1, 0.15) is 28.6 Å². The van der Waals surface area contributed by atoms with Crippen molar-refractivity contribution < 1.29 is 4.39 Å². The average Bonchev–Trinajstić information content (AvgIpc) is 3.19. The summed E-state index contributed by atoms with van der Waals surface area (Å²) in [7, 11) is 0. The first-order valence-electron chi connectivity index (χ1n) is 11.1. The summed E-state index contributed by atoms with van der Waals surface area (Å²) >= 11 is 0. The molecule has 1 N–H and O–H groups in total.